The molecule has 6 nitrogen and oxygen atoms in total. The lowest BCUT2D eigenvalue weighted by Crippen LogP contribution is -2.10. The number of furan rings is 1. The number of carbonyl (C=O) groups is 1. The first kappa shape index (κ1) is 23.6. The predicted octanol–water partition coefficient (Wildman–Crippen LogP) is 6.45. The summed E-state index contributed by atoms with van der Waals surface area (Å²) in [4.78, 5) is 12.5. The van der Waals surface area contributed by atoms with Crippen LogP contribution in [-0.4, -0.2) is 15.7 Å². The van der Waals surface area contributed by atoms with E-state index in [2.05, 4.69) is 31.2 Å². The SMILES string of the molecule is CC(C)(C)c1ccc(OCc2ccc(C(=O)Nc3cnn(Cc4ccc(F)cc4Cl)c3)o2)cc1. The number of halogens is 2. The molecule has 2 heterocycles. The van der Waals surface area contributed by atoms with Gasteiger partial charge in [0.05, 0.1) is 18.4 Å². The highest BCUT2D eigenvalue weighted by Crippen LogP contribution is 2.25. The highest BCUT2D eigenvalue weighted by molar-refractivity contribution is 6.31. The van der Waals surface area contributed by atoms with E-state index >= 15 is 0 Å². The van der Waals surface area contributed by atoms with Gasteiger partial charge >= 0.3 is 0 Å². The normalized spacial score (nSPS) is 11.4. The fraction of sp³-hybridized carbons (Fsp3) is 0.231. The highest BCUT2D eigenvalue weighted by Gasteiger charge is 2.15. The fourth-order valence-electron chi connectivity index (χ4n) is 3.31. The second-order valence-corrected chi connectivity index (χ2v) is 9.35. The average molecular weight is 482 g/mol. The third-order valence-corrected chi connectivity index (χ3v) is 5.58. The zero-order valence-electron chi connectivity index (χ0n) is 19.1. The molecule has 0 spiro atoms. The predicted molar refractivity (Wildman–Crippen MR) is 129 cm³/mol. The molecule has 0 bridgehead atoms. The summed E-state index contributed by atoms with van der Waals surface area (Å²) in [6.07, 6.45) is 3.18. The summed E-state index contributed by atoms with van der Waals surface area (Å²) in [5, 5.41) is 7.27. The van der Waals surface area contributed by atoms with Gasteiger partial charge in [-0.25, -0.2) is 4.39 Å². The van der Waals surface area contributed by atoms with E-state index in [9.17, 15) is 9.18 Å². The Kier molecular flexibility index (Phi) is 6.75. The molecule has 2 aromatic heterocycles. The Morgan fingerprint density at radius 1 is 1.15 bits per heavy atom. The van der Waals surface area contributed by atoms with Crippen molar-refractivity contribution in [2.45, 2.75) is 39.3 Å². The Bertz CT molecular complexity index is 1290. The van der Waals surface area contributed by atoms with Crippen molar-refractivity contribution < 1.29 is 18.3 Å². The maximum absolute atomic E-state index is 13.2. The van der Waals surface area contributed by atoms with Crippen LogP contribution in [0.5, 0.6) is 5.75 Å². The number of carbonyl (C=O) groups excluding carboxylic acids is 1. The monoisotopic (exact) mass is 481 g/mol. The molecule has 4 rings (SSSR count). The largest absolute Gasteiger partial charge is 0.486 e. The van der Waals surface area contributed by atoms with E-state index in [-0.39, 0.29) is 17.8 Å². The van der Waals surface area contributed by atoms with Crippen LogP contribution in [0.3, 0.4) is 0 Å². The van der Waals surface area contributed by atoms with Gasteiger partial charge in [0.1, 0.15) is 23.9 Å². The van der Waals surface area contributed by atoms with Crippen molar-refractivity contribution in [1.82, 2.24) is 9.78 Å². The van der Waals surface area contributed by atoms with Gasteiger partial charge in [-0.3, -0.25) is 9.48 Å². The zero-order chi connectivity index (χ0) is 24.3. The number of ether oxygens (including phenoxy) is 1. The van der Waals surface area contributed by atoms with Gasteiger partial charge in [-0.05, 0) is 52.9 Å². The van der Waals surface area contributed by atoms with Gasteiger partial charge in [0, 0.05) is 11.2 Å². The lowest BCUT2D eigenvalue weighted by atomic mass is 9.87. The van der Waals surface area contributed by atoms with Gasteiger partial charge in [-0.15, -0.1) is 0 Å². The van der Waals surface area contributed by atoms with Crippen LogP contribution in [0.1, 0.15) is 48.2 Å². The zero-order valence-corrected chi connectivity index (χ0v) is 19.9. The van der Waals surface area contributed by atoms with Crippen LogP contribution in [0.15, 0.2) is 71.4 Å². The standard InChI is InChI=1S/C26H25ClFN3O3/c1-26(2,3)18-5-8-21(9-6-18)33-16-22-10-11-24(34-22)25(32)30-20-13-29-31(15-20)14-17-4-7-19(28)12-23(17)27/h4-13,15H,14,16H2,1-3H3,(H,30,32). The van der Waals surface area contributed by atoms with Gasteiger partial charge in [-0.2, -0.15) is 5.10 Å². The van der Waals surface area contributed by atoms with E-state index in [1.54, 1.807) is 29.1 Å². The number of aromatic nitrogens is 2. The summed E-state index contributed by atoms with van der Waals surface area (Å²) in [5.41, 5.74) is 2.51. The Morgan fingerprint density at radius 2 is 1.91 bits per heavy atom. The maximum atomic E-state index is 13.2. The van der Waals surface area contributed by atoms with Crippen LogP contribution in [0.4, 0.5) is 10.1 Å². The number of hydrogen-bond acceptors (Lipinski definition) is 4. The van der Waals surface area contributed by atoms with Gasteiger partial charge in [-0.1, -0.05) is 50.6 Å². The Labute approximate surface area is 202 Å². The number of amides is 1. The van der Waals surface area contributed by atoms with Crippen molar-refractivity contribution >= 4 is 23.2 Å². The van der Waals surface area contributed by atoms with Crippen LogP contribution in [0.2, 0.25) is 5.02 Å². The molecule has 0 unspecified atom stereocenters. The summed E-state index contributed by atoms with van der Waals surface area (Å²) in [6, 6.07) is 15.4. The lowest BCUT2D eigenvalue weighted by Gasteiger charge is -2.19. The average Bonchev–Trinajstić information content (AvgIpc) is 3.43. The van der Waals surface area contributed by atoms with Crippen LogP contribution in [0, 0.1) is 5.82 Å². The van der Waals surface area contributed by atoms with E-state index in [1.807, 2.05) is 24.3 Å². The highest BCUT2D eigenvalue weighted by atomic mass is 35.5. The van der Waals surface area contributed by atoms with Crippen molar-refractivity contribution in [3.05, 3.63) is 100 Å². The molecule has 176 valence electrons. The Hall–Kier alpha value is -3.58. The first-order valence-corrected chi connectivity index (χ1v) is 11.1. The molecule has 1 N–H and O–H groups in total. The summed E-state index contributed by atoms with van der Waals surface area (Å²) >= 11 is 6.07. The quantitative estimate of drug-likeness (QED) is 0.329. The minimum absolute atomic E-state index is 0.0757. The lowest BCUT2D eigenvalue weighted by molar-refractivity contribution is 0.0992. The summed E-state index contributed by atoms with van der Waals surface area (Å²) < 4.78 is 26.2. The van der Waals surface area contributed by atoms with Crippen LogP contribution in [-0.2, 0) is 18.6 Å². The first-order chi connectivity index (χ1) is 16.2. The van der Waals surface area contributed by atoms with E-state index in [0.717, 1.165) is 5.75 Å². The summed E-state index contributed by atoms with van der Waals surface area (Å²) in [5.74, 6) is 0.621. The number of nitrogens with zero attached hydrogens (tertiary/aromatic N) is 2. The molecule has 0 aliphatic heterocycles. The molecule has 2 aromatic carbocycles. The Balaban J connectivity index is 1.32. The number of benzene rings is 2. The molecule has 34 heavy (non-hydrogen) atoms. The Morgan fingerprint density at radius 3 is 2.62 bits per heavy atom. The topological polar surface area (TPSA) is 69.3 Å². The van der Waals surface area contributed by atoms with Crippen molar-refractivity contribution in [3.63, 3.8) is 0 Å². The van der Waals surface area contributed by atoms with Crippen molar-refractivity contribution in [1.29, 1.82) is 0 Å². The molecule has 8 heteroatoms. The minimum atomic E-state index is -0.403. The van der Waals surface area contributed by atoms with Crippen LogP contribution in [0.25, 0.3) is 0 Å². The summed E-state index contributed by atoms with van der Waals surface area (Å²) in [7, 11) is 0. The van der Waals surface area contributed by atoms with E-state index in [0.29, 0.717) is 28.6 Å². The smallest absolute Gasteiger partial charge is 0.291 e. The van der Waals surface area contributed by atoms with E-state index in [4.69, 9.17) is 20.8 Å². The molecular formula is C26H25ClFN3O3. The first-order valence-electron chi connectivity index (χ1n) is 10.8. The van der Waals surface area contributed by atoms with Crippen molar-refractivity contribution in [3.8, 4) is 5.75 Å². The van der Waals surface area contributed by atoms with Gasteiger partial charge in [0.25, 0.3) is 5.91 Å². The van der Waals surface area contributed by atoms with Crippen LogP contribution >= 0.6 is 11.6 Å². The van der Waals surface area contributed by atoms with Crippen LogP contribution < -0.4 is 10.1 Å². The van der Waals surface area contributed by atoms with Gasteiger partial charge in [0.15, 0.2) is 5.76 Å². The van der Waals surface area contributed by atoms with Gasteiger partial charge in [0.2, 0.25) is 0 Å². The van der Waals surface area contributed by atoms with Gasteiger partial charge < -0.3 is 14.5 Å². The molecule has 0 fully saturated rings. The molecule has 1 amide bonds. The molecule has 4 aromatic rings. The number of nitrogens with one attached hydrogen (secondary N) is 1. The fourth-order valence-corrected chi connectivity index (χ4v) is 3.54. The molecule has 0 aliphatic carbocycles. The van der Waals surface area contributed by atoms with Crippen molar-refractivity contribution in [2.75, 3.05) is 5.32 Å². The second kappa shape index (κ2) is 9.73. The molecule has 0 saturated carbocycles. The molecule has 0 saturated heterocycles. The van der Waals surface area contributed by atoms with Crippen molar-refractivity contribution in [2.24, 2.45) is 0 Å². The molecular weight excluding hydrogens is 457 g/mol. The maximum Gasteiger partial charge on any atom is 0.291 e. The van der Waals surface area contributed by atoms with E-state index < -0.39 is 11.7 Å². The molecule has 0 aliphatic rings. The van der Waals surface area contributed by atoms with E-state index in [1.165, 1.54) is 23.9 Å². The molecule has 0 atom stereocenters. The summed E-state index contributed by atoms with van der Waals surface area (Å²) in [6.45, 7) is 7.02. The number of hydrogen-bond donors (Lipinski definition) is 1. The minimum Gasteiger partial charge on any atom is -0.486 e. The third-order valence-electron chi connectivity index (χ3n) is 5.23. The number of anilines is 1. The second-order valence-electron chi connectivity index (χ2n) is 8.95. The number of rotatable bonds is 7. The molecule has 0 radical (unpaired) electrons. The third kappa shape index (κ3) is 5.85.